The minimum absolute atomic E-state index is 0. The number of hydrogen-bond donors (Lipinski definition) is 2. The van der Waals surface area contributed by atoms with Crippen molar-refractivity contribution in [3.8, 4) is 0 Å². The molecule has 1 aromatic carbocycles. The molecule has 0 spiro atoms. The van der Waals surface area contributed by atoms with Crippen LogP contribution in [0.1, 0.15) is 44.2 Å². The Morgan fingerprint density at radius 1 is 1.37 bits per heavy atom. The van der Waals surface area contributed by atoms with Crippen molar-refractivity contribution in [1.82, 2.24) is 5.32 Å². The van der Waals surface area contributed by atoms with Gasteiger partial charge in [0, 0.05) is 0 Å². The maximum Gasteiger partial charge on any atom is 0.237 e. The lowest BCUT2D eigenvalue weighted by Gasteiger charge is -2.30. The molecule has 0 bridgehead atoms. The van der Waals surface area contributed by atoms with Crippen LogP contribution >= 0.6 is 12.4 Å². The number of rotatable bonds is 5. The van der Waals surface area contributed by atoms with E-state index in [2.05, 4.69) is 17.4 Å². The van der Waals surface area contributed by atoms with Gasteiger partial charge in [0.05, 0.1) is 12.1 Å². The zero-order chi connectivity index (χ0) is 13.0. The van der Waals surface area contributed by atoms with Crippen LogP contribution in [0.25, 0.3) is 0 Å². The maximum absolute atomic E-state index is 11.8. The van der Waals surface area contributed by atoms with Gasteiger partial charge in [0.25, 0.3) is 0 Å². The van der Waals surface area contributed by atoms with Crippen molar-refractivity contribution in [1.29, 1.82) is 0 Å². The summed E-state index contributed by atoms with van der Waals surface area (Å²) in [6.45, 7) is 1.72. The Morgan fingerprint density at radius 3 is 2.47 bits per heavy atom. The summed E-state index contributed by atoms with van der Waals surface area (Å²) < 4.78 is 0. The number of carbonyl (C=O) groups is 1. The molecular formula is C15H23ClN2O. The van der Waals surface area contributed by atoms with Crippen LogP contribution in [0.5, 0.6) is 0 Å². The molecule has 0 aromatic heterocycles. The fraction of sp³-hybridized carbons (Fsp3) is 0.533. The standard InChI is InChI=1S/C15H22N2O.ClH/c1-11(16)15(18)17-14(10-12-6-5-7-12)13-8-3-2-4-9-13;/h2-4,8-9,11-12,14H,5-7,10,16H2,1H3,(H,17,18);1H. The minimum atomic E-state index is -0.447. The molecule has 1 amide bonds. The van der Waals surface area contributed by atoms with Gasteiger partial charge in [-0.25, -0.2) is 0 Å². The molecule has 1 aromatic rings. The van der Waals surface area contributed by atoms with Gasteiger partial charge in [0.1, 0.15) is 0 Å². The van der Waals surface area contributed by atoms with E-state index < -0.39 is 6.04 Å². The van der Waals surface area contributed by atoms with Crippen molar-refractivity contribution in [3.63, 3.8) is 0 Å². The fourth-order valence-corrected chi connectivity index (χ4v) is 2.33. The summed E-state index contributed by atoms with van der Waals surface area (Å²) >= 11 is 0. The predicted octanol–water partition coefficient (Wildman–Crippen LogP) is 2.80. The van der Waals surface area contributed by atoms with E-state index in [1.807, 2.05) is 18.2 Å². The van der Waals surface area contributed by atoms with E-state index in [1.54, 1.807) is 6.92 Å². The van der Waals surface area contributed by atoms with Gasteiger partial charge in [-0.1, -0.05) is 49.6 Å². The lowest BCUT2D eigenvalue weighted by atomic mass is 9.79. The molecule has 2 rings (SSSR count). The molecule has 106 valence electrons. The Labute approximate surface area is 121 Å². The van der Waals surface area contributed by atoms with E-state index in [0.717, 1.165) is 12.3 Å². The molecule has 2 unspecified atom stereocenters. The van der Waals surface area contributed by atoms with Crippen LogP contribution in [0.2, 0.25) is 0 Å². The third kappa shape index (κ3) is 4.51. The molecule has 1 fully saturated rings. The van der Waals surface area contributed by atoms with Gasteiger partial charge in [-0.3, -0.25) is 4.79 Å². The summed E-state index contributed by atoms with van der Waals surface area (Å²) in [6, 6.07) is 9.84. The molecule has 0 radical (unpaired) electrons. The number of hydrogen-bond acceptors (Lipinski definition) is 2. The zero-order valence-corrected chi connectivity index (χ0v) is 12.2. The van der Waals surface area contributed by atoms with E-state index in [0.29, 0.717) is 0 Å². The molecule has 3 N–H and O–H groups in total. The molecule has 3 nitrogen and oxygen atoms in total. The van der Waals surface area contributed by atoms with E-state index in [1.165, 1.54) is 24.8 Å². The number of nitrogens with two attached hydrogens (primary N) is 1. The minimum Gasteiger partial charge on any atom is -0.348 e. The summed E-state index contributed by atoms with van der Waals surface area (Å²) in [6.07, 6.45) is 4.94. The zero-order valence-electron chi connectivity index (χ0n) is 11.3. The quantitative estimate of drug-likeness (QED) is 0.872. The fourth-order valence-electron chi connectivity index (χ4n) is 2.33. The summed E-state index contributed by atoms with van der Waals surface area (Å²) in [5.41, 5.74) is 6.81. The van der Waals surface area contributed by atoms with Crippen LogP contribution < -0.4 is 11.1 Å². The smallest absolute Gasteiger partial charge is 0.237 e. The second-order valence-electron chi connectivity index (χ2n) is 5.29. The Balaban J connectivity index is 0.00000180. The highest BCUT2D eigenvalue weighted by molar-refractivity contribution is 5.85. The largest absolute Gasteiger partial charge is 0.348 e. The van der Waals surface area contributed by atoms with E-state index in [-0.39, 0.29) is 24.4 Å². The molecule has 19 heavy (non-hydrogen) atoms. The number of nitrogens with one attached hydrogen (secondary N) is 1. The van der Waals surface area contributed by atoms with Crippen LogP contribution in [0.4, 0.5) is 0 Å². The van der Waals surface area contributed by atoms with Crippen molar-refractivity contribution >= 4 is 18.3 Å². The molecule has 1 aliphatic carbocycles. The molecule has 4 heteroatoms. The highest BCUT2D eigenvalue weighted by atomic mass is 35.5. The van der Waals surface area contributed by atoms with Gasteiger partial charge in [0.15, 0.2) is 0 Å². The first-order valence-corrected chi connectivity index (χ1v) is 6.77. The monoisotopic (exact) mass is 282 g/mol. The predicted molar refractivity (Wildman–Crippen MR) is 80.2 cm³/mol. The molecule has 0 heterocycles. The lowest BCUT2D eigenvalue weighted by Crippen LogP contribution is -2.41. The van der Waals surface area contributed by atoms with Crippen molar-refractivity contribution in [2.45, 2.75) is 44.7 Å². The molecule has 1 aliphatic rings. The molecular weight excluding hydrogens is 260 g/mol. The van der Waals surface area contributed by atoms with Crippen molar-refractivity contribution < 1.29 is 4.79 Å². The number of halogens is 1. The average Bonchev–Trinajstić information content (AvgIpc) is 2.32. The van der Waals surface area contributed by atoms with Gasteiger partial charge >= 0.3 is 0 Å². The van der Waals surface area contributed by atoms with Crippen LogP contribution in [0.3, 0.4) is 0 Å². The van der Waals surface area contributed by atoms with Gasteiger partial charge in [-0.15, -0.1) is 12.4 Å². The topological polar surface area (TPSA) is 55.1 Å². The van der Waals surface area contributed by atoms with Crippen LogP contribution in [0, 0.1) is 5.92 Å². The first kappa shape index (κ1) is 16.0. The van der Waals surface area contributed by atoms with Crippen LogP contribution in [-0.4, -0.2) is 11.9 Å². The number of carbonyl (C=O) groups excluding carboxylic acids is 1. The van der Waals surface area contributed by atoms with Crippen molar-refractivity contribution in [3.05, 3.63) is 35.9 Å². The number of amides is 1. The summed E-state index contributed by atoms with van der Waals surface area (Å²) in [5, 5.41) is 3.07. The summed E-state index contributed by atoms with van der Waals surface area (Å²) in [7, 11) is 0. The van der Waals surface area contributed by atoms with Gasteiger partial charge < -0.3 is 11.1 Å². The van der Waals surface area contributed by atoms with Crippen molar-refractivity contribution in [2.24, 2.45) is 11.7 Å². The Morgan fingerprint density at radius 2 is 2.00 bits per heavy atom. The second-order valence-corrected chi connectivity index (χ2v) is 5.29. The summed E-state index contributed by atoms with van der Waals surface area (Å²) in [5.74, 6) is 0.687. The summed E-state index contributed by atoms with van der Waals surface area (Å²) in [4.78, 5) is 11.8. The van der Waals surface area contributed by atoms with Gasteiger partial charge in [0.2, 0.25) is 5.91 Å². The normalized spacial score (nSPS) is 17.8. The molecule has 2 atom stereocenters. The third-order valence-corrected chi connectivity index (χ3v) is 3.73. The lowest BCUT2D eigenvalue weighted by molar-refractivity contribution is -0.122. The SMILES string of the molecule is CC(N)C(=O)NC(CC1CCC1)c1ccccc1.Cl. The molecule has 1 saturated carbocycles. The maximum atomic E-state index is 11.8. The molecule has 0 saturated heterocycles. The van der Waals surface area contributed by atoms with E-state index in [4.69, 9.17) is 5.73 Å². The second kappa shape index (κ2) is 7.51. The molecule has 0 aliphatic heterocycles. The van der Waals surface area contributed by atoms with Gasteiger partial charge in [-0.05, 0) is 24.8 Å². The van der Waals surface area contributed by atoms with E-state index in [9.17, 15) is 4.79 Å². The van der Waals surface area contributed by atoms with Crippen LogP contribution in [-0.2, 0) is 4.79 Å². The highest BCUT2D eigenvalue weighted by Gasteiger charge is 2.24. The van der Waals surface area contributed by atoms with Crippen LogP contribution in [0.15, 0.2) is 30.3 Å². The Hall–Kier alpha value is -1.06. The Kier molecular flexibility index (Phi) is 6.32. The average molecular weight is 283 g/mol. The third-order valence-electron chi connectivity index (χ3n) is 3.73. The first-order valence-electron chi connectivity index (χ1n) is 6.77. The van der Waals surface area contributed by atoms with E-state index >= 15 is 0 Å². The first-order chi connectivity index (χ1) is 8.66. The Bertz CT molecular complexity index is 390. The van der Waals surface area contributed by atoms with Gasteiger partial charge in [-0.2, -0.15) is 0 Å². The number of benzene rings is 1. The highest BCUT2D eigenvalue weighted by Crippen LogP contribution is 2.34. The van der Waals surface area contributed by atoms with Crippen molar-refractivity contribution in [2.75, 3.05) is 0 Å².